The minimum absolute atomic E-state index is 0.661. The maximum absolute atomic E-state index is 4.18. The highest BCUT2D eigenvalue weighted by atomic mass is 15.5. The summed E-state index contributed by atoms with van der Waals surface area (Å²) in [6, 6.07) is 12.1. The third-order valence-corrected chi connectivity index (χ3v) is 3.11. The lowest BCUT2D eigenvalue weighted by atomic mass is 10.3. The summed E-state index contributed by atoms with van der Waals surface area (Å²) < 4.78 is 3.97. The van der Waals surface area contributed by atoms with E-state index in [1.54, 1.807) is 0 Å². The minimum Gasteiger partial charge on any atom is -0.377 e. The first-order valence-corrected chi connectivity index (χ1v) is 6.19. The molecule has 0 N–H and O–H groups in total. The summed E-state index contributed by atoms with van der Waals surface area (Å²) in [7, 11) is 4.06. The first kappa shape index (κ1) is 11.6. The number of para-hydroxylation sites is 1. The maximum atomic E-state index is 4.18. The number of rotatable bonds is 3. The lowest BCUT2D eigenvalue weighted by molar-refractivity contribution is -0.702. The van der Waals surface area contributed by atoms with Crippen molar-refractivity contribution in [2.45, 2.75) is 6.67 Å². The van der Waals surface area contributed by atoms with Crippen molar-refractivity contribution in [3.63, 3.8) is 0 Å². The van der Waals surface area contributed by atoms with Gasteiger partial charge in [0.15, 0.2) is 12.4 Å². The van der Waals surface area contributed by atoms with Gasteiger partial charge in [-0.1, -0.05) is 17.3 Å². The molecule has 0 aliphatic rings. The lowest BCUT2D eigenvalue weighted by Gasteiger charge is -2.10. The van der Waals surface area contributed by atoms with E-state index in [0.29, 0.717) is 6.67 Å². The van der Waals surface area contributed by atoms with Crippen LogP contribution in [0.5, 0.6) is 0 Å². The number of nitrogens with zero attached hydrogens (tertiary/aromatic N) is 5. The fourth-order valence-corrected chi connectivity index (χ4v) is 2.02. The van der Waals surface area contributed by atoms with E-state index in [1.165, 1.54) is 5.69 Å². The number of hydrogen-bond acceptors (Lipinski definition) is 3. The maximum Gasteiger partial charge on any atom is 0.244 e. The van der Waals surface area contributed by atoms with E-state index in [2.05, 4.69) is 31.9 Å². The molecule has 3 aromatic rings. The topological polar surface area (TPSA) is 37.8 Å². The third kappa shape index (κ3) is 2.27. The Morgan fingerprint density at radius 1 is 1.11 bits per heavy atom. The molecule has 0 saturated heterocycles. The zero-order chi connectivity index (χ0) is 13.2. The molecule has 3 rings (SSSR count). The van der Waals surface area contributed by atoms with Gasteiger partial charge in [-0.3, -0.25) is 0 Å². The fourth-order valence-electron chi connectivity index (χ4n) is 2.02. The van der Waals surface area contributed by atoms with Gasteiger partial charge in [0.25, 0.3) is 0 Å². The molecular weight excluding hydrogens is 238 g/mol. The van der Waals surface area contributed by atoms with E-state index in [-0.39, 0.29) is 0 Å². The number of fused-ring (bicyclic) bond motifs is 1. The summed E-state index contributed by atoms with van der Waals surface area (Å²) in [5.41, 5.74) is 3.15. The van der Waals surface area contributed by atoms with Crippen LogP contribution in [-0.2, 0) is 6.67 Å². The molecule has 2 heterocycles. The first-order chi connectivity index (χ1) is 9.24. The molecule has 0 aliphatic heterocycles. The Bertz CT molecular complexity index is 684. The van der Waals surface area contributed by atoms with Gasteiger partial charge in [-0.2, -0.15) is 9.25 Å². The molecule has 2 aromatic heterocycles. The van der Waals surface area contributed by atoms with Gasteiger partial charge < -0.3 is 4.90 Å². The van der Waals surface area contributed by atoms with E-state index in [4.69, 9.17) is 0 Å². The van der Waals surface area contributed by atoms with Crippen molar-refractivity contribution >= 4 is 16.7 Å². The molecule has 5 nitrogen and oxygen atoms in total. The highest BCUT2D eigenvalue weighted by Gasteiger charge is 2.08. The molecule has 0 spiro atoms. The van der Waals surface area contributed by atoms with Gasteiger partial charge in [-0.25, -0.2) is 0 Å². The Morgan fingerprint density at radius 3 is 2.58 bits per heavy atom. The van der Waals surface area contributed by atoms with Gasteiger partial charge in [0.2, 0.25) is 6.67 Å². The van der Waals surface area contributed by atoms with Crippen LogP contribution in [0.1, 0.15) is 0 Å². The normalized spacial score (nSPS) is 10.8. The fraction of sp³-hybridized carbons (Fsp3) is 0.214. The zero-order valence-electron chi connectivity index (χ0n) is 11.1. The highest BCUT2D eigenvalue weighted by Crippen LogP contribution is 2.09. The van der Waals surface area contributed by atoms with Crippen LogP contribution in [0.25, 0.3) is 11.0 Å². The Kier molecular flexibility index (Phi) is 2.87. The standard InChI is InChI=1S/C14H16N5/c1-17(2)12-7-9-18(10-8-12)11-19-14-6-4-3-5-13(14)15-16-19/h3-10H,11H2,1-2H3/q+1. The van der Waals surface area contributed by atoms with Crippen LogP contribution >= 0.6 is 0 Å². The summed E-state index contributed by atoms with van der Waals surface area (Å²) in [5.74, 6) is 0. The molecule has 5 heteroatoms. The van der Waals surface area contributed by atoms with E-state index in [0.717, 1.165) is 11.0 Å². The molecule has 96 valence electrons. The van der Waals surface area contributed by atoms with Crippen LogP contribution in [0, 0.1) is 0 Å². The second kappa shape index (κ2) is 4.68. The Balaban J connectivity index is 1.88. The monoisotopic (exact) mass is 254 g/mol. The predicted molar refractivity (Wildman–Crippen MR) is 73.9 cm³/mol. The van der Waals surface area contributed by atoms with Gasteiger partial charge in [0, 0.05) is 31.9 Å². The van der Waals surface area contributed by atoms with Crippen LogP contribution in [-0.4, -0.2) is 29.1 Å². The van der Waals surface area contributed by atoms with Crippen LogP contribution in [0.15, 0.2) is 48.8 Å². The molecule has 0 atom stereocenters. The van der Waals surface area contributed by atoms with Gasteiger partial charge in [-0.05, 0) is 12.1 Å². The van der Waals surface area contributed by atoms with Gasteiger partial charge in [0.1, 0.15) is 5.52 Å². The Labute approximate surface area is 111 Å². The molecule has 0 bridgehead atoms. The molecule has 0 unspecified atom stereocenters. The number of pyridine rings is 1. The predicted octanol–water partition coefficient (Wildman–Crippen LogP) is 1.29. The quantitative estimate of drug-likeness (QED) is 0.661. The number of benzene rings is 1. The lowest BCUT2D eigenvalue weighted by Crippen LogP contribution is -2.37. The summed E-state index contributed by atoms with van der Waals surface area (Å²) in [6.45, 7) is 0.661. The van der Waals surface area contributed by atoms with Gasteiger partial charge in [0.05, 0.1) is 5.52 Å². The van der Waals surface area contributed by atoms with Crippen LogP contribution in [0.2, 0.25) is 0 Å². The van der Waals surface area contributed by atoms with E-state index in [9.17, 15) is 0 Å². The third-order valence-electron chi connectivity index (χ3n) is 3.11. The zero-order valence-corrected chi connectivity index (χ0v) is 11.1. The van der Waals surface area contributed by atoms with Gasteiger partial charge in [-0.15, -0.1) is 5.10 Å². The summed E-state index contributed by atoms with van der Waals surface area (Å²) >= 11 is 0. The Hall–Kier alpha value is -2.43. The number of anilines is 1. The molecule has 1 aromatic carbocycles. The molecule has 0 fully saturated rings. The van der Waals surface area contributed by atoms with Crippen molar-refractivity contribution in [3.05, 3.63) is 48.8 Å². The summed E-state index contributed by atoms with van der Waals surface area (Å²) in [6.07, 6.45) is 4.09. The largest absolute Gasteiger partial charge is 0.377 e. The number of aromatic nitrogens is 4. The number of hydrogen-bond donors (Lipinski definition) is 0. The average Bonchev–Trinajstić information content (AvgIpc) is 2.83. The van der Waals surface area contributed by atoms with Crippen molar-refractivity contribution < 1.29 is 4.57 Å². The average molecular weight is 254 g/mol. The van der Waals surface area contributed by atoms with Crippen molar-refractivity contribution in [2.24, 2.45) is 0 Å². The van der Waals surface area contributed by atoms with Crippen molar-refractivity contribution in [2.75, 3.05) is 19.0 Å². The summed E-state index contributed by atoms with van der Waals surface area (Å²) in [5, 5.41) is 8.34. The van der Waals surface area contributed by atoms with Crippen LogP contribution in [0.4, 0.5) is 5.69 Å². The Morgan fingerprint density at radius 2 is 1.84 bits per heavy atom. The molecule has 0 amide bonds. The second-order valence-electron chi connectivity index (χ2n) is 4.68. The van der Waals surface area contributed by atoms with Crippen molar-refractivity contribution in [1.29, 1.82) is 0 Å². The molecule has 0 saturated carbocycles. The van der Waals surface area contributed by atoms with E-state index in [1.807, 2.05) is 55.4 Å². The molecular formula is C14H16N5+. The van der Waals surface area contributed by atoms with Crippen molar-refractivity contribution in [1.82, 2.24) is 15.0 Å². The smallest absolute Gasteiger partial charge is 0.244 e. The van der Waals surface area contributed by atoms with Crippen LogP contribution < -0.4 is 9.47 Å². The SMILES string of the molecule is CN(C)c1cc[n+](Cn2nnc3ccccc32)cc1. The molecule has 0 aliphatic carbocycles. The van der Waals surface area contributed by atoms with E-state index < -0.39 is 0 Å². The second-order valence-corrected chi connectivity index (χ2v) is 4.68. The highest BCUT2D eigenvalue weighted by molar-refractivity contribution is 5.73. The van der Waals surface area contributed by atoms with Crippen LogP contribution in [0.3, 0.4) is 0 Å². The summed E-state index contributed by atoms with van der Waals surface area (Å²) in [4.78, 5) is 2.08. The molecule has 19 heavy (non-hydrogen) atoms. The van der Waals surface area contributed by atoms with E-state index >= 15 is 0 Å². The first-order valence-electron chi connectivity index (χ1n) is 6.19. The van der Waals surface area contributed by atoms with Gasteiger partial charge >= 0.3 is 0 Å². The minimum atomic E-state index is 0.661. The molecule has 0 radical (unpaired) electrons. The van der Waals surface area contributed by atoms with Crippen molar-refractivity contribution in [3.8, 4) is 0 Å².